The molecule has 4 heteroatoms. The zero-order valence-corrected chi connectivity index (χ0v) is 9.10. The molecular weight excluding hydrogens is 217 g/mol. The lowest BCUT2D eigenvalue weighted by Crippen LogP contribution is -1.89. The number of hydrogen-bond acceptors (Lipinski definition) is 0. The second kappa shape index (κ2) is 5.40. The minimum atomic E-state index is -0.906. The molecular formula is C9H10Cl2F2. The summed E-state index contributed by atoms with van der Waals surface area (Å²) in [5.74, 6) is -1.66. The van der Waals surface area contributed by atoms with E-state index in [0.29, 0.717) is 0 Å². The lowest BCUT2D eigenvalue weighted by atomic mass is 10.2. The van der Waals surface area contributed by atoms with E-state index in [0.717, 1.165) is 0 Å². The number of halogens is 4. The van der Waals surface area contributed by atoms with E-state index in [1.54, 1.807) is 0 Å². The van der Waals surface area contributed by atoms with E-state index in [1.165, 1.54) is 13.0 Å². The van der Waals surface area contributed by atoms with Gasteiger partial charge in [0.25, 0.3) is 0 Å². The molecule has 0 N–H and O–H groups in total. The topological polar surface area (TPSA) is 0 Å². The zero-order valence-electron chi connectivity index (χ0n) is 7.59. The van der Waals surface area contributed by atoms with Crippen molar-refractivity contribution in [2.45, 2.75) is 20.8 Å². The zero-order chi connectivity index (χ0) is 10.6. The van der Waals surface area contributed by atoms with Gasteiger partial charge in [0.05, 0.1) is 5.02 Å². The van der Waals surface area contributed by atoms with Gasteiger partial charge in [0, 0.05) is 0 Å². The molecule has 1 aromatic rings. The van der Waals surface area contributed by atoms with Gasteiger partial charge in [-0.15, -0.1) is 0 Å². The van der Waals surface area contributed by atoms with Gasteiger partial charge in [-0.3, -0.25) is 0 Å². The molecule has 0 atom stereocenters. The molecule has 0 radical (unpaired) electrons. The molecule has 0 unspecified atom stereocenters. The van der Waals surface area contributed by atoms with Crippen LogP contribution in [0, 0.1) is 18.6 Å². The van der Waals surface area contributed by atoms with E-state index in [-0.39, 0.29) is 10.6 Å². The van der Waals surface area contributed by atoms with Crippen molar-refractivity contribution in [2.75, 3.05) is 0 Å². The number of aryl methyl sites for hydroxylation is 1. The summed E-state index contributed by atoms with van der Waals surface area (Å²) in [5.41, 5.74) is 0.237. The molecule has 0 amide bonds. The van der Waals surface area contributed by atoms with Crippen LogP contribution in [-0.4, -0.2) is 0 Å². The maximum Gasteiger partial charge on any atom is 0.163 e. The van der Waals surface area contributed by atoms with E-state index < -0.39 is 16.7 Å². The fraction of sp³-hybridized carbons (Fsp3) is 0.333. The third kappa shape index (κ3) is 2.82. The molecule has 0 aliphatic rings. The Hall–Kier alpha value is -0.340. The Labute approximate surface area is 86.5 Å². The summed E-state index contributed by atoms with van der Waals surface area (Å²) >= 11 is 10.6. The molecule has 0 spiro atoms. The quantitative estimate of drug-likeness (QED) is 0.448. The molecule has 74 valence electrons. The van der Waals surface area contributed by atoms with Crippen molar-refractivity contribution in [2.24, 2.45) is 0 Å². The highest BCUT2D eigenvalue weighted by atomic mass is 35.5. The van der Waals surface area contributed by atoms with Gasteiger partial charge >= 0.3 is 0 Å². The second-order valence-corrected chi connectivity index (χ2v) is 2.90. The predicted molar refractivity (Wildman–Crippen MR) is 52.5 cm³/mol. The van der Waals surface area contributed by atoms with Crippen LogP contribution in [0.25, 0.3) is 0 Å². The fourth-order valence-corrected chi connectivity index (χ4v) is 1.25. The van der Waals surface area contributed by atoms with Gasteiger partial charge in [0.15, 0.2) is 5.82 Å². The van der Waals surface area contributed by atoms with Gasteiger partial charge in [0.1, 0.15) is 10.8 Å². The first-order chi connectivity index (χ1) is 6.04. The van der Waals surface area contributed by atoms with Crippen LogP contribution >= 0.6 is 23.2 Å². The van der Waals surface area contributed by atoms with Crippen LogP contribution in [-0.2, 0) is 0 Å². The first kappa shape index (κ1) is 12.7. The smallest absolute Gasteiger partial charge is 0.163 e. The minimum Gasteiger partial charge on any atom is -0.205 e. The average Bonchev–Trinajstić information content (AvgIpc) is 2.15. The Morgan fingerprint density at radius 1 is 1.08 bits per heavy atom. The van der Waals surface area contributed by atoms with Gasteiger partial charge < -0.3 is 0 Å². The Kier molecular flexibility index (Phi) is 5.26. The third-order valence-electron chi connectivity index (χ3n) is 1.28. The van der Waals surface area contributed by atoms with Gasteiger partial charge in [-0.2, -0.15) is 0 Å². The van der Waals surface area contributed by atoms with E-state index in [2.05, 4.69) is 0 Å². The van der Waals surface area contributed by atoms with Crippen LogP contribution in [0.15, 0.2) is 6.07 Å². The molecule has 0 nitrogen and oxygen atoms in total. The summed E-state index contributed by atoms with van der Waals surface area (Å²) in [5, 5.41) is -0.705. The van der Waals surface area contributed by atoms with Crippen molar-refractivity contribution in [3.05, 3.63) is 33.3 Å². The van der Waals surface area contributed by atoms with Crippen molar-refractivity contribution >= 4 is 23.2 Å². The summed E-state index contributed by atoms with van der Waals surface area (Å²) < 4.78 is 25.4. The van der Waals surface area contributed by atoms with E-state index in [9.17, 15) is 8.78 Å². The summed E-state index contributed by atoms with van der Waals surface area (Å²) in [6.45, 7) is 5.46. The molecule has 0 heterocycles. The number of hydrogen-bond donors (Lipinski definition) is 0. The maximum absolute atomic E-state index is 12.7. The van der Waals surface area contributed by atoms with Crippen LogP contribution in [0.4, 0.5) is 8.78 Å². The fourth-order valence-electron chi connectivity index (χ4n) is 0.691. The van der Waals surface area contributed by atoms with Crippen molar-refractivity contribution in [3.63, 3.8) is 0 Å². The number of benzene rings is 1. The first-order valence-electron chi connectivity index (χ1n) is 3.83. The highest BCUT2D eigenvalue weighted by Crippen LogP contribution is 2.27. The minimum absolute atomic E-state index is 0.158. The van der Waals surface area contributed by atoms with Gasteiger partial charge in [0.2, 0.25) is 0 Å². The lowest BCUT2D eigenvalue weighted by Gasteiger charge is -2.01. The van der Waals surface area contributed by atoms with Crippen LogP contribution in [0.2, 0.25) is 10.0 Å². The van der Waals surface area contributed by atoms with Crippen LogP contribution < -0.4 is 0 Å². The molecule has 0 aliphatic heterocycles. The molecule has 1 aromatic carbocycles. The lowest BCUT2D eigenvalue weighted by molar-refractivity contribution is 0.578. The van der Waals surface area contributed by atoms with Gasteiger partial charge in [-0.05, 0) is 18.6 Å². The SMILES string of the molecule is CC.Cc1cc(Cl)c(F)c(Cl)c1F. The monoisotopic (exact) mass is 226 g/mol. The van der Waals surface area contributed by atoms with Gasteiger partial charge in [-0.1, -0.05) is 37.0 Å². The Morgan fingerprint density at radius 2 is 1.54 bits per heavy atom. The molecule has 0 aliphatic carbocycles. The molecule has 0 aromatic heterocycles. The summed E-state index contributed by atoms with van der Waals surface area (Å²) in [6.07, 6.45) is 0. The maximum atomic E-state index is 12.7. The van der Waals surface area contributed by atoms with Crippen molar-refractivity contribution in [3.8, 4) is 0 Å². The number of rotatable bonds is 0. The summed E-state index contributed by atoms with van der Waals surface area (Å²) in [7, 11) is 0. The van der Waals surface area contributed by atoms with E-state index >= 15 is 0 Å². The third-order valence-corrected chi connectivity index (χ3v) is 1.89. The van der Waals surface area contributed by atoms with Crippen LogP contribution in [0.5, 0.6) is 0 Å². The standard InChI is InChI=1S/C7H4Cl2F2.C2H6/c1-3-2-4(8)7(11)5(9)6(3)10;1-2/h2H,1H3;1-2H3. The average molecular weight is 227 g/mol. The van der Waals surface area contributed by atoms with Crippen molar-refractivity contribution in [1.82, 2.24) is 0 Å². The largest absolute Gasteiger partial charge is 0.205 e. The highest BCUT2D eigenvalue weighted by molar-refractivity contribution is 6.35. The van der Waals surface area contributed by atoms with E-state index in [4.69, 9.17) is 23.2 Å². The second-order valence-electron chi connectivity index (χ2n) is 2.12. The van der Waals surface area contributed by atoms with Crippen molar-refractivity contribution < 1.29 is 8.78 Å². The van der Waals surface area contributed by atoms with Crippen LogP contribution in [0.1, 0.15) is 19.4 Å². The first-order valence-corrected chi connectivity index (χ1v) is 4.59. The van der Waals surface area contributed by atoms with E-state index in [1.807, 2.05) is 13.8 Å². The van der Waals surface area contributed by atoms with Gasteiger partial charge in [-0.25, -0.2) is 8.78 Å². The Bertz CT molecular complexity index is 272. The highest BCUT2D eigenvalue weighted by Gasteiger charge is 2.12. The molecule has 0 bridgehead atoms. The predicted octanol–water partition coefficient (Wildman–Crippen LogP) is 4.61. The summed E-state index contributed by atoms with van der Waals surface area (Å²) in [4.78, 5) is 0. The van der Waals surface area contributed by atoms with Crippen molar-refractivity contribution in [1.29, 1.82) is 0 Å². The molecule has 0 saturated heterocycles. The molecule has 0 fully saturated rings. The van der Waals surface area contributed by atoms with Crippen LogP contribution in [0.3, 0.4) is 0 Å². The summed E-state index contributed by atoms with van der Waals surface area (Å²) in [6, 6.07) is 1.19. The molecule has 1 rings (SSSR count). The Balaban J connectivity index is 0.000000671. The molecule has 13 heavy (non-hydrogen) atoms. The Morgan fingerprint density at radius 3 is 2.00 bits per heavy atom. The molecule has 0 saturated carbocycles. The normalized spacial score (nSPS) is 9.15.